The third-order valence-corrected chi connectivity index (χ3v) is 8.00. The molecule has 0 unspecified atom stereocenters. The number of aryl methyl sites for hydroxylation is 2. The highest BCUT2D eigenvalue weighted by Gasteiger charge is 2.30. The van der Waals surface area contributed by atoms with Crippen molar-refractivity contribution in [2.75, 3.05) is 26.2 Å². The molecule has 2 aromatic carbocycles. The molecule has 1 aliphatic rings. The number of hydrogen-bond acceptors (Lipinski definition) is 4. The summed E-state index contributed by atoms with van der Waals surface area (Å²) in [6.07, 6.45) is 0. The number of sulfonamides is 1. The zero-order valence-electron chi connectivity index (χ0n) is 16.9. The van der Waals surface area contributed by atoms with Crippen LogP contribution in [0.15, 0.2) is 56.6 Å². The molecule has 30 heavy (non-hydrogen) atoms. The molecule has 1 N–H and O–H groups in total. The van der Waals surface area contributed by atoms with E-state index in [9.17, 15) is 13.2 Å². The number of halogens is 1. The third kappa shape index (κ3) is 4.03. The first-order chi connectivity index (χ1) is 14.3. The van der Waals surface area contributed by atoms with Crippen LogP contribution in [0.5, 0.6) is 0 Å². The van der Waals surface area contributed by atoms with Crippen LogP contribution < -0.4 is 10.5 Å². The van der Waals surface area contributed by atoms with E-state index in [1.54, 1.807) is 18.2 Å². The molecule has 0 bridgehead atoms. The van der Waals surface area contributed by atoms with Crippen molar-refractivity contribution < 1.29 is 17.7 Å². The van der Waals surface area contributed by atoms with Gasteiger partial charge in [-0.3, -0.25) is 0 Å². The largest absolute Gasteiger partial charge is 0.422 e. The van der Waals surface area contributed by atoms with E-state index in [-0.39, 0.29) is 10.5 Å². The topological polar surface area (TPSA) is 72.0 Å². The summed E-state index contributed by atoms with van der Waals surface area (Å²) in [4.78, 5) is 13.6. The van der Waals surface area contributed by atoms with Gasteiger partial charge in [0.1, 0.15) is 12.1 Å². The Labute approximate surface area is 180 Å². The predicted octanol–water partition coefficient (Wildman–Crippen LogP) is 2.15. The fourth-order valence-electron chi connectivity index (χ4n) is 3.92. The van der Waals surface area contributed by atoms with E-state index >= 15 is 0 Å². The Hall–Kier alpha value is -2.19. The summed E-state index contributed by atoms with van der Waals surface area (Å²) in [7, 11) is -3.53. The van der Waals surface area contributed by atoms with E-state index in [2.05, 4.69) is 0 Å². The van der Waals surface area contributed by atoms with Gasteiger partial charge in [-0.15, -0.1) is 0 Å². The van der Waals surface area contributed by atoms with Gasteiger partial charge in [-0.25, -0.2) is 13.2 Å². The molecule has 1 fully saturated rings. The van der Waals surface area contributed by atoms with Gasteiger partial charge >= 0.3 is 5.63 Å². The van der Waals surface area contributed by atoms with Crippen LogP contribution >= 0.6 is 11.6 Å². The fourth-order valence-corrected chi connectivity index (χ4v) is 5.48. The number of fused-ring (bicyclic) bond motifs is 1. The number of benzene rings is 2. The molecule has 1 aromatic heterocycles. The minimum Gasteiger partial charge on any atom is -0.422 e. The number of piperazine rings is 1. The first-order valence-electron chi connectivity index (χ1n) is 9.88. The van der Waals surface area contributed by atoms with Crippen molar-refractivity contribution >= 4 is 32.6 Å². The monoisotopic (exact) mass is 447 g/mol. The van der Waals surface area contributed by atoms with Gasteiger partial charge in [0.15, 0.2) is 0 Å². The Kier molecular flexibility index (Phi) is 5.72. The number of quaternary nitrogens is 1. The minimum absolute atomic E-state index is 0.257. The van der Waals surface area contributed by atoms with Gasteiger partial charge in [-0.1, -0.05) is 23.7 Å². The summed E-state index contributed by atoms with van der Waals surface area (Å²) in [5.41, 5.74) is 3.28. The second-order valence-electron chi connectivity index (χ2n) is 7.76. The molecule has 2 heterocycles. The summed E-state index contributed by atoms with van der Waals surface area (Å²) in [5.74, 6) is 0. The van der Waals surface area contributed by atoms with Gasteiger partial charge in [-0.05, 0) is 49.2 Å². The van der Waals surface area contributed by atoms with Crippen molar-refractivity contribution in [3.05, 3.63) is 74.6 Å². The van der Waals surface area contributed by atoms with Crippen molar-refractivity contribution in [2.45, 2.75) is 25.3 Å². The Balaban J connectivity index is 1.51. The average molecular weight is 448 g/mol. The smallest absolute Gasteiger partial charge is 0.336 e. The lowest BCUT2D eigenvalue weighted by molar-refractivity contribution is -0.917. The molecule has 1 aliphatic heterocycles. The van der Waals surface area contributed by atoms with Gasteiger partial charge in [-0.2, -0.15) is 4.31 Å². The Bertz CT molecular complexity index is 1240. The number of nitrogens with zero attached hydrogens (tertiary/aromatic N) is 1. The van der Waals surface area contributed by atoms with Crippen LogP contribution in [0.3, 0.4) is 0 Å². The molecule has 3 aromatic rings. The van der Waals surface area contributed by atoms with E-state index < -0.39 is 10.0 Å². The molecule has 4 rings (SSSR count). The maximum Gasteiger partial charge on any atom is 0.336 e. The Morgan fingerprint density at radius 3 is 2.40 bits per heavy atom. The quantitative estimate of drug-likeness (QED) is 0.622. The molecule has 0 aliphatic carbocycles. The number of hydrogen-bond donors (Lipinski definition) is 1. The molecule has 6 nitrogen and oxygen atoms in total. The molecule has 0 spiro atoms. The fraction of sp³-hybridized carbons (Fsp3) is 0.318. The summed E-state index contributed by atoms with van der Waals surface area (Å²) in [5, 5.41) is 1.45. The number of rotatable bonds is 4. The summed E-state index contributed by atoms with van der Waals surface area (Å²) in [6.45, 7) is 6.79. The highest BCUT2D eigenvalue weighted by Crippen LogP contribution is 2.23. The Morgan fingerprint density at radius 1 is 1.07 bits per heavy atom. The van der Waals surface area contributed by atoms with E-state index in [0.29, 0.717) is 43.3 Å². The summed E-state index contributed by atoms with van der Waals surface area (Å²) < 4.78 is 32.7. The third-order valence-electron chi connectivity index (χ3n) is 5.84. The van der Waals surface area contributed by atoms with Crippen LogP contribution in [-0.2, 0) is 16.6 Å². The van der Waals surface area contributed by atoms with Crippen LogP contribution in [0, 0.1) is 13.8 Å². The van der Waals surface area contributed by atoms with Crippen LogP contribution in [-0.4, -0.2) is 38.9 Å². The van der Waals surface area contributed by atoms with Crippen LogP contribution in [0.2, 0.25) is 5.02 Å². The lowest BCUT2D eigenvalue weighted by Crippen LogP contribution is -3.13. The van der Waals surface area contributed by atoms with Gasteiger partial charge in [0.2, 0.25) is 10.0 Å². The van der Waals surface area contributed by atoms with E-state index in [1.165, 1.54) is 21.3 Å². The van der Waals surface area contributed by atoms with Gasteiger partial charge in [0.05, 0.1) is 31.1 Å². The van der Waals surface area contributed by atoms with Crippen molar-refractivity contribution in [1.29, 1.82) is 0 Å². The highest BCUT2D eigenvalue weighted by molar-refractivity contribution is 7.89. The standard InChI is InChI=1S/C22H23ClN2O4S/c1-15-3-8-20-17(13-21(26)29-22(20)16(15)2)14-24-9-11-25(12-10-24)30(27,28)19-6-4-18(23)5-7-19/h3-8,13H,9-12,14H2,1-2H3/p+1. The van der Waals surface area contributed by atoms with Gasteiger partial charge in [0, 0.05) is 22.0 Å². The maximum atomic E-state index is 12.9. The van der Waals surface area contributed by atoms with Gasteiger partial charge in [0.25, 0.3) is 0 Å². The maximum absolute atomic E-state index is 12.9. The van der Waals surface area contributed by atoms with Crippen molar-refractivity contribution in [3.8, 4) is 0 Å². The minimum atomic E-state index is -3.53. The molecular weight excluding hydrogens is 424 g/mol. The summed E-state index contributed by atoms with van der Waals surface area (Å²) >= 11 is 5.87. The van der Waals surface area contributed by atoms with E-state index in [4.69, 9.17) is 16.0 Å². The van der Waals surface area contributed by atoms with Gasteiger partial charge < -0.3 is 9.32 Å². The highest BCUT2D eigenvalue weighted by atomic mass is 35.5. The molecule has 1 saturated heterocycles. The molecule has 0 atom stereocenters. The lowest BCUT2D eigenvalue weighted by Gasteiger charge is -2.31. The van der Waals surface area contributed by atoms with Crippen molar-refractivity contribution in [1.82, 2.24) is 4.31 Å². The Morgan fingerprint density at radius 2 is 1.73 bits per heavy atom. The molecule has 0 saturated carbocycles. The predicted molar refractivity (Wildman–Crippen MR) is 117 cm³/mol. The lowest BCUT2D eigenvalue weighted by atomic mass is 10.0. The summed E-state index contributed by atoms with van der Waals surface area (Å²) in [6, 6.07) is 11.8. The normalized spacial score (nSPS) is 16.2. The van der Waals surface area contributed by atoms with Crippen LogP contribution in [0.4, 0.5) is 0 Å². The molecule has 8 heteroatoms. The average Bonchev–Trinajstić information content (AvgIpc) is 2.72. The van der Waals surface area contributed by atoms with Crippen LogP contribution in [0.1, 0.15) is 16.7 Å². The number of nitrogens with one attached hydrogen (secondary N) is 1. The molecule has 158 valence electrons. The SMILES string of the molecule is Cc1ccc2c(C[NH+]3CCN(S(=O)(=O)c4ccc(Cl)cc4)CC3)cc(=O)oc2c1C. The van der Waals surface area contributed by atoms with Crippen molar-refractivity contribution in [2.24, 2.45) is 0 Å². The zero-order chi connectivity index (χ0) is 21.5. The van der Waals surface area contributed by atoms with Crippen LogP contribution in [0.25, 0.3) is 11.0 Å². The van der Waals surface area contributed by atoms with Crippen molar-refractivity contribution in [3.63, 3.8) is 0 Å². The second kappa shape index (κ2) is 8.15. The second-order valence-corrected chi connectivity index (χ2v) is 10.1. The molecule has 0 amide bonds. The molecule has 0 radical (unpaired) electrons. The zero-order valence-corrected chi connectivity index (χ0v) is 18.5. The van der Waals surface area contributed by atoms with E-state index in [0.717, 1.165) is 22.1 Å². The first kappa shape index (κ1) is 21.1. The molecular formula is C22H24ClN2O4S+. The van der Waals surface area contributed by atoms with E-state index in [1.807, 2.05) is 26.0 Å². The first-order valence-corrected chi connectivity index (χ1v) is 11.7.